The molecular weight excluding hydrogens is 196 g/mol. The van der Waals surface area contributed by atoms with Crippen molar-refractivity contribution in [1.82, 2.24) is 0 Å². The Bertz CT molecular complexity index is 386. The van der Waals surface area contributed by atoms with Crippen LogP contribution in [0.3, 0.4) is 0 Å². The SMILES string of the molecule is CC(N)c1ccccc1N1CC2CCC1C2. The highest BCUT2D eigenvalue weighted by atomic mass is 15.2. The van der Waals surface area contributed by atoms with Gasteiger partial charge in [0.25, 0.3) is 0 Å². The van der Waals surface area contributed by atoms with E-state index in [1.54, 1.807) is 0 Å². The van der Waals surface area contributed by atoms with E-state index < -0.39 is 0 Å². The van der Waals surface area contributed by atoms with Crippen LogP contribution in [0.25, 0.3) is 0 Å². The smallest absolute Gasteiger partial charge is 0.0417 e. The van der Waals surface area contributed by atoms with E-state index in [2.05, 4.69) is 36.1 Å². The first-order chi connectivity index (χ1) is 7.75. The maximum Gasteiger partial charge on any atom is 0.0417 e. The standard InChI is InChI=1S/C14H20N2/c1-10(15)13-4-2-3-5-14(13)16-9-11-6-7-12(16)8-11/h2-5,10-12H,6-9,15H2,1H3. The number of fused-ring (bicyclic) bond motifs is 2. The van der Waals surface area contributed by atoms with Crippen LogP contribution in [0.1, 0.15) is 37.8 Å². The van der Waals surface area contributed by atoms with E-state index in [0.29, 0.717) is 0 Å². The minimum atomic E-state index is 0.135. The molecule has 3 unspecified atom stereocenters. The highest BCUT2D eigenvalue weighted by molar-refractivity contribution is 5.57. The molecule has 86 valence electrons. The van der Waals surface area contributed by atoms with Crippen LogP contribution in [-0.2, 0) is 0 Å². The molecule has 2 nitrogen and oxygen atoms in total. The number of rotatable bonds is 2. The molecule has 1 aliphatic heterocycles. The Morgan fingerprint density at radius 1 is 1.31 bits per heavy atom. The van der Waals surface area contributed by atoms with E-state index in [1.165, 1.54) is 37.1 Å². The molecule has 2 fully saturated rings. The zero-order valence-corrected chi connectivity index (χ0v) is 9.89. The molecular formula is C14H20N2. The molecule has 0 aromatic heterocycles. The number of piperidine rings is 1. The summed E-state index contributed by atoms with van der Waals surface area (Å²) in [5, 5.41) is 0. The van der Waals surface area contributed by atoms with Crippen molar-refractivity contribution < 1.29 is 0 Å². The van der Waals surface area contributed by atoms with Gasteiger partial charge in [-0.15, -0.1) is 0 Å². The number of nitrogens with zero attached hydrogens (tertiary/aromatic N) is 1. The summed E-state index contributed by atoms with van der Waals surface area (Å²) in [6, 6.07) is 9.55. The van der Waals surface area contributed by atoms with Crippen molar-refractivity contribution >= 4 is 5.69 Å². The molecule has 0 amide bonds. The van der Waals surface area contributed by atoms with Gasteiger partial charge >= 0.3 is 0 Å². The molecule has 2 heteroatoms. The van der Waals surface area contributed by atoms with Gasteiger partial charge in [0.15, 0.2) is 0 Å². The van der Waals surface area contributed by atoms with Crippen molar-refractivity contribution in [3.05, 3.63) is 29.8 Å². The Labute approximate surface area is 97.4 Å². The van der Waals surface area contributed by atoms with Crippen LogP contribution in [0.4, 0.5) is 5.69 Å². The summed E-state index contributed by atoms with van der Waals surface area (Å²) in [5.41, 5.74) is 8.73. The van der Waals surface area contributed by atoms with Gasteiger partial charge in [-0.3, -0.25) is 0 Å². The van der Waals surface area contributed by atoms with Crippen molar-refractivity contribution in [3.63, 3.8) is 0 Å². The van der Waals surface area contributed by atoms with Gasteiger partial charge in [0.1, 0.15) is 0 Å². The summed E-state index contributed by atoms with van der Waals surface area (Å²) >= 11 is 0. The monoisotopic (exact) mass is 216 g/mol. The molecule has 0 spiro atoms. The highest BCUT2D eigenvalue weighted by Crippen LogP contribution is 2.41. The third kappa shape index (κ3) is 1.52. The lowest BCUT2D eigenvalue weighted by Crippen LogP contribution is -2.33. The number of hydrogen-bond acceptors (Lipinski definition) is 2. The lowest BCUT2D eigenvalue weighted by atomic mass is 10.0. The summed E-state index contributed by atoms with van der Waals surface area (Å²) in [4.78, 5) is 2.59. The first kappa shape index (κ1) is 10.2. The molecule has 1 aromatic rings. The van der Waals surface area contributed by atoms with Crippen LogP contribution in [-0.4, -0.2) is 12.6 Å². The lowest BCUT2D eigenvalue weighted by Gasteiger charge is -2.31. The van der Waals surface area contributed by atoms with Crippen LogP contribution >= 0.6 is 0 Å². The average Bonchev–Trinajstić information content (AvgIpc) is 2.90. The van der Waals surface area contributed by atoms with Gasteiger partial charge in [-0.25, -0.2) is 0 Å². The maximum absolute atomic E-state index is 6.05. The van der Waals surface area contributed by atoms with Crippen LogP contribution in [0.15, 0.2) is 24.3 Å². The summed E-state index contributed by atoms with van der Waals surface area (Å²) in [6.07, 6.45) is 4.20. The first-order valence-corrected chi connectivity index (χ1v) is 6.37. The van der Waals surface area contributed by atoms with Crippen LogP contribution in [0, 0.1) is 5.92 Å². The molecule has 1 saturated carbocycles. The second kappa shape index (κ2) is 3.77. The number of benzene rings is 1. The average molecular weight is 216 g/mol. The van der Waals surface area contributed by atoms with Crippen molar-refractivity contribution in [2.45, 2.75) is 38.3 Å². The fourth-order valence-electron chi connectivity index (χ4n) is 3.35. The van der Waals surface area contributed by atoms with E-state index in [0.717, 1.165) is 12.0 Å². The topological polar surface area (TPSA) is 29.3 Å². The van der Waals surface area contributed by atoms with Crippen molar-refractivity contribution in [1.29, 1.82) is 0 Å². The normalized spacial score (nSPS) is 29.8. The van der Waals surface area contributed by atoms with Crippen molar-refractivity contribution in [2.24, 2.45) is 11.7 Å². The molecule has 2 aliphatic rings. The van der Waals surface area contributed by atoms with E-state index >= 15 is 0 Å². The Kier molecular flexibility index (Phi) is 2.40. The van der Waals surface area contributed by atoms with Gasteiger partial charge in [0.2, 0.25) is 0 Å². The second-order valence-electron chi connectivity index (χ2n) is 5.33. The molecule has 16 heavy (non-hydrogen) atoms. The summed E-state index contributed by atoms with van der Waals surface area (Å²) < 4.78 is 0. The van der Waals surface area contributed by atoms with E-state index in [4.69, 9.17) is 5.73 Å². The minimum Gasteiger partial charge on any atom is -0.368 e. The van der Waals surface area contributed by atoms with Gasteiger partial charge in [0, 0.05) is 24.3 Å². The van der Waals surface area contributed by atoms with Gasteiger partial charge in [0.05, 0.1) is 0 Å². The highest BCUT2D eigenvalue weighted by Gasteiger charge is 2.38. The van der Waals surface area contributed by atoms with Crippen molar-refractivity contribution in [3.8, 4) is 0 Å². The third-order valence-corrected chi connectivity index (χ3v) is 4.15. The van der Waals surface area contributed by atoms with Gasteiger partial charge in [-0.05, 0) is 43.7 Å². The van der Waals surface area contributed by atoms with Crippen LogP contribution in [0.2, 0.25) is 0 Å². The van der Waals surface area contributed by atoms with Gasteiger partial charge < -0.3 is 10.6 Å². The molecule has 3 rings (SSSR count). The van der Waals surface area contributed by atoms with E-state index in [1.807, 2.05) is 0 Å². The fourth-order valence-corrected chi connectivity index (χ4v) is 3.35. The predicted molar refractivity (Wildman–Crippen MR) is 67.5 cm³/mol. The quantitative estimate of drug-likeness (QED) is 0.823. The van der Waals surface area contributed by atoms with Crippen LogP contribution < -0.4 is 10.6 Å². The molecule has 2 bridgehead atoms. The maximum atomic E-state index is 6.05. The zero-order chi connectivity index (χ0) is 11.1. The number of anilines is 1. The van der Waals surface area contributed by atoms with E-state index in [-0.39, 0.29) is 6.04 Å². The number of hydrogen-bond donors (Lipinski definition) is 1. The first-order valence-electron chi connectivity index (χ1n) is 6.37. The summed E-state index contributed by atoms with van der Waals surface area (Å²) in [7, 11) is 0. The zero-order valence-electron chi connectivity index (χ0n) is 9.89. The van der Waals surface area contributed by atoms with Crippen molar-refractivity contribution in [2.75, 3.05) is 11.4 Å². The molecule has 3 atom stereocenters. The molecule has 1 aliphatic carbocycles. The minimum absolute atomic E-state index is 0.135. The third-order valence-electron chi connectivity index (χ3n) is 4.15. The van der Waals surface area contributed by atoms with E-state index in [9.17, 15) is 0 Å². The second-order valence-corrected chi connectivity index (χ2v) is 5.33. The Balaban J connectivity index is 1.94. The predicted octanol–water partition coefficient (Wildman–Crippen LogP) is 2.70. The van der Waals surface area contributed by atoms with Gasteiger partial charge in [-0.1, -0.05) is 18.2 Å². The Morgan fingerprint density at radius 3 is 2.75 bits per heavy atom. The fraction of sp³-hybridized carbons (Fsp3) is 0.571. The largest absolute Gasteiger partial charge is 0.368 e. The molecule has 0 radical (unpaired) electrons. The Hall–Kier alpha value is -1.02. The summed E-state index contributed by atoms with van der Waals surface area (Å²) in [5.74, 6) is 0.936. The number of para-hydroxylation sites is 1. The van der Waals surface area contributed by atoms with Gasteiger partial charge in [-0.2, -0.15) is 0 Å². The molecule has 1 heterocycles. The molecule has 1 saturated heterocycles. The molecule has 2 N–H and O–H groups in total. The van der Waals surface area contributed by atoms with Crippen LogP contribution in [0.5, 0.6) is 0 Å². The number of nitrogens with two attached hydrogens (primary N) is 1. The summed E-state index contributed by atoms with van der Waals surface area (Å²) in [6.45, 7) is 3.32. The molecule has 1 aromatic carbocycles. The lowest BCUT2D eigenvalue weighted by molar-refractivity contribution is 0.551. The Morgan fingerprint density at radius 2 is 2.12 bits per heavy atom.